The van der Waals surface area contributed by atoms with Gasteiger partial charge in [-0.2, -0.15) is 0 Å². The van der Waals surface area contributed by atoms with Crippen LogP contribution in [0.25, 0.3) is 0 Å². The largest absolute Gasteiger partial charge is 0.352 e. The fourth-order valence-corrected chi connectivity index (χ4v) is 3.18. The lowest BCUT2D eigenvalue weighted by atomic mass is 10.1. The molecule has 1 N–H and O–H groups in total. The van der Waals surface area contributed by atoms with Crippen LogP contribution in [-0.2, 0) is 4.79 Å². The summed E-state index contributed by atoms with van der Waals surface area (Å²) in [4.78, 5) is 25.9. The van der Waals surface area contributed by atoms with Crippen LogP contribution in [0.15, 0.2) is 18.2 Å². The Morgan fingerprint density at radius 2 is 2.10 bits per heavy atom. The molecule has 0 bridgehead atoms. The van der Waals surface area contributed by atoms with Gasteiger partial charge in [0.1, 0.15) is 0 Å². The summed E-state index contributed by atoms with van der Waals surface area (Å²) in [5.74, 6) is 0.170. The Morgan fingerprint density at radius 1 is 1.33 bits per heavy atom. The van der Waals surface area contributed by atoms with Crippen molar-refractivity contribution in [3.05, 3.63) is 33.8 Å². The molecule has 1 heterocycles. The van der Waals surface area contributed by atoms with E-state index in [0.717, 1.165) is 19.4 Å². The number of carbonyl (C=O) groups excluding carboxylic acids is 2. The van der Waals surface area contributed by atoms with Crippen molar-refractivity contribution in [1.29, 1.82) is 0 Å². The van der Waals surface area contributed by atoms with Gasteiger partial charge in [-0.25, -0.2) is 0 Å². The number of carbonyl (C=O) groups is 2. The summed E-state index contributed by atoms with van der Waals surface area (Å²) in [5, 5.41) is 3.69. The van der Waals surface area contributed by atoms with Crippen molar-refractivity contribution in [2.24, 2.45) is 5.92 Å². The minimum atomic E-state index is -0.228. The predicted molar refractivity (Wildman–Crippen MR) is 81.6 cm³/mol. The number of amides is 2. The zero-order valence-electron chi connectivity index (χ0n) is 11.4. The summed E-state index contributed by atoms with van der Waals surface area (Å²) in [7, 11) is 0. The van der Waals surface area contributed by atoms with Crippen LogP contribution in [0.3, 0.4) is 0 Å². The van der Waals surface area contributed by atoms with Crippen molar-refractivity contribution in [3.8, 4) is 0 Å². The molecule has 0 spiro atoms. The molecule has 2 amide bonds. The van der Waals surface area contributed by atoms with Gasteiger partial charge in [0.2, 0.25) is 5.91 Å². The Kier molecular flexibility index (Phi) is 4.09. The van der Waals surface area contributed by atoms with E-state index >= 15 is 0 Å². The summed E-state index contributed by atoms with van der Waals surface area (Å²) in [6, 6.07) is 5.24. The third kappa shape index (κ3) is 3.33. The monoisotopic (exact) mass is 326 g/mol. The molecule has 1 atom stereocenters. The van der Waals surface area contributed by atoms with Crippen LogP contribution >= 0.6 is 23.2 Å². The van der Waals surface area contributed by atoms with Crippen LogP contribution in [0, 0.1) is 5.92 Å². The van der Waals surface area contributed by atoms with E-state index in [9.17, 15) is 9.59 Å². The number of hydrogen-bond acceptors (Lipinski definition) is 2. The van der Waals surface area contributed by atoms with Crippen molar-refractivity contribution in [1.82, 2.24) is 10.2 Å². The number of halogens is 2. The quantitative estimate of drug-likeness (QED) is 0.924. The maximum Gasteiger partial charge on any atom is 0.252 e. The molecular formula is C15H16Cl2N2O2. The molecule has 1 saturated carbocycles. The first-order chi connectivity index (χ1) is 10.0. The van der Waals surface area contributed by atoms with Gasteiger partial charge in [0.15, 0.2) is 0 Å². The molecule has 1 aromatic carbocycles. The number of benzene rings is 1. The molecule has 21 heavy (non-hydrogen) atoms. The van der Waals surface area contributed by atoms with Crippen molar-refractivity contribution >= 4 is 35.0 Å². The van der Waals surface area contributed by atoms with Crippen molar-refractivity contribution in [2.75, 3.05) is 13.1 Å². The number of rotatable bonds is 4. The summed E-state index contributed by atoms with van der Waals surface area (Å²) < 4.78 is 0. The second-order valence-electron chi connectivity index (χ2n) is 5.68. The molecule has 2 aliphatic rings. The second-order valence-corrected chi connectivity index (χ2v) is 6.53. The van der Waals surface area contributed by atoms with E-state index in [1.807, 2.05) is 4.90 Å². The summed E-state index contributed by atoms with van der Waals surface area (Å²) in [5.41, 5.74) is 0.407. The first-order valence-electron chi connectivity index (χ1n) is 7.07. The molecular weight excluding hydrogens is 311 g/mol. The minimum Gasteiger partial charge on any atom is -0.352 e. The molecule has 1 aromatic rings. The first-order valence-corrected chi connectivity index (χ1v) is 7.83. The van der Waals surface area contributed by atoms with Gasteiger partial charge in [0.25, 0.3) is 5.91 Å². The highest BCUT2D eigenvalue weighted by Crippen LogP contribution is 2.32. The third-order valence-electron chi connectivity index (χ3n) is 3.95. The van der Waals surface area contributed by atoms with E-state index in [2.05, 4.69) is 5.32 Å². The van der Waals surface area contributed by atoms with Gasteiger partial charge in [0.05, 0.1) is 10.6 Å². The molecule has 1 aliphatic carbocycles. The Hall–Kier alpha value is -1.26. The molecule has 1 aliphatic heterocycles. The van der Waals surface area contributed by atoms with E-state index < -0.39 is 0 Å². The van der Waals surface area contributed by atoms with Crippen LogP contribution in [0.5, 0.6) is 0 Å². The van der Waals surface area contributed by atoms with Crippen LogP contribution < -0.4 is 5.32 Å². The van der Waals surface area contributed by atoms with E-state index in [1.165, 1.54) is 0 Å². The van der Waals surface area contributed by atoms with Crippen molar-refractivity contribution < 1.29 is 9.59 Å². The molecule has 112 valence electrons. The highest BCUT2D eigenvalue weighted by atomic mass is 35.5. The Labute approximate surface area is 133 Å². The predicted octanol–water partition coefficient (Wildman–Crippen LogP) is 2.73. The van der Waals surface area contributed by atoms with Crippen LogP contribution in [0.1, 0.15) is 29.6 Å². The summed E-state index contributed by atoms with van der Waals surface area (Å²) in [6.45, 7) is 1.24. The van der Waals surface area contributed by atoms with Crippen LogP contribution in [0.2, 0.25) is 10.0 Å². The summed E-state index contributed by atoms with van der Waals surface area (Å²) in [6.07, 6.45) is 2.75. The number of nitrogens with one attached hydrogen (secondary N) is 1. The molecule has 0 aromatic heterocycles. The van der Waals surface area contributed by atoms with Gasteiger partial charge in [-0.3, -0.25) is 9.59 Å². The van der Waals surface area contributed by atoms with E-state index in [4.69, 9.17) is 23.2 Å². The van der Waals surface area contributed by atoms with Gasteiger partial charge < -0.3 is 10.2 Å². The highest BCUT2D eigenvalue weighted by Gasteiger charge is 2.39. The van der Waals surface area contributed by atoms with Gasteiger partial charge in [-0.1, -0.05) is 23.2 Å². The summed E-state index contributed by atoms with van der Waals surface area (Å²) >= 11 is 11.8. The average Bonchev–Trinajstić information content (AvgIpc) is 3.20. The number of hydrogen-bond donors (Lipinski definition) is 1. The fourth-order valence-electron chi connectivity index (χ4n) is 2.69. The zero-order chi connectivity index (χ0) is 15.0. The Morgan fingerprint density at radius 3 is 2.76 bits per heavy atom. The third-order valence-corrected chi connectivity index (χ3v) is 4.50. The molecule has 1 unspecified atom stereocenters. The lowest BCUT2D eigenvalue weighted by molar-refractivity contribution is -0.128. The molecule has 3 rings (SSSR count). The van der Waals surface area contributed by atoms with Crippen molar-refractivity contribution in [2.45, 2.75) is 25.3 Å². The molecule has 6 heteroatoms. The van der Waals surface area contributed by atoms with E-state index in [0.29, 0.717) is 34.6 Å². The van der Waals surface area contributed by atoms with Gasteiger partial charge in [0, 0.05) is 36.5 Å². The standard InChI is InChI=1S/C15H16Cl2N2O2/c16-10-1-4-12(13(17)6-10)15(21)18-7-9-5-14(20)19(8-9)11-2-3-11/h1,4,6,9,11H,2-3,5,7-8H2,(H,18,21). The Bertz CT molecular complexity index is 587. The maximum absolute atomic E-state index is 12.1. The van der Waals surface area contributed by atoms with E-state index in [-0.39, 0.29) is 17.7 Å². The van der Waals surface area contributed by atoms with Gasteiger partial charge >= 0.3 is 0 Å². The average molecular weight is 327 g/mol. The van der Waals surface area contributed by atoms with Crippen molar-refractivity contribution in [3.63, 3.8) is 0 Å². The molecule has 1 saturated heterocycles. The van der Waals surface area contributed by atoms with Gasteiger partial charge in [-0.05, 0) is 31.0 Å². The SMILES string of the molecule is O=C(NCC1CC(=O)N(C2CC2)C1)c1ccc(Cl)cc1Cl. The van der Waals surface area contributed by atoms with E-state index in [1.54, 1.807) is 18.2 Å². The first kappa shape index (κ1) is 14.7. The van der Waals surface area contributed by atoms with Crippen LogP contribution in [-0.4, -0.2) is 35.8 Å². The molecule has 4 nitrogen and oxygen atoms in total. The zero-order valence-corrected chi connectivity index (χ0v) is 13.0. The maximum atomic E-state index is 12.1. The van der Waals surface area contributed by atoms with Gasteiger partial charge in [-0.15, -0.1) is 0 Å². The lowest BCUT2D eigenvalue weighted by Gasteiger charge is -2.15. The molecule has 2 fully saturated rings. The topological polar surface area (TPSA) is 49.4 Å². The number of likely N-dealkylation sites (tertiary alicyclic amines) is 1. The normalized spacial score (nSPS) is 21.7. The molecule has 0 radical (unpaired) electrons. The smallest absolute Gasteiger partial charge is 0.252 e. The fraction of sp³-hybridized carbons (Fsp3) is 0.467. The highest BCUT2D eigenvalue weighted by molar-refractivity contribution is 6.36. The lowest BCUT2D eigenvalue weighted by Crippen LogP contribution is -2.32. The Balaban J connectivity index is 1.55. The van der Waals surface area contributed by atoms with Crippen LogP contribution in [0.4, 0.5) is 0 Å². The minimum absolute atomic E-state index is 0.188. The second kappa shape index (κ2) is 5.85. The number of nitrogens with zero attached hydrogens (tertiary/aromatic N) is 1.